The largest absolute Gasteiger partial charge is 0.381 e. The Balaban J connectivity index is 2.45. The number of nitrogens with two attached hydrogens (primary N) is 1. The first kappa shape index (κ1) is 13.4. The van der Waals surface area contributed by atoms with Gasteiger partial charge in [0.2, 0.25) is 0 Å². The van der Waals surface area contributed by atoms with E-state index in [1.54, 1.807) is 6.08 Å². The Kier molecular flexibility index (Phi) is 5.69. The van der Waals surface area contributed by atoms with E-state index in [9.17, 15) is 0 Å². The highest BCUT2D eigenvalue weighted by molar-refractivity contribution is 8.00. The highest BCUT2D eigenvalue weighted by Gasteiger charge is 2.31. The second kappa shape index (κ2) is 6.81. The van der Waals surface area contributed by atoms with Crippen molar-refractivity contribution in [2.24, 2.45) is 10.7 Å². The van der Waals surface area contributed by atoms with Gasteiger partial charge in [0.05, 0.1) is 6.54 Å². The van der Waals surface area contributed by atoms with Gasteiger partial charge in [-0.25, -0.2) is 0 Å². The zero-order valence-corrected chi connectivity index (χ0v) is 10.7. The van der Waals surface area contributed by atoms with Crippen LogP contribution in [-0.4, -0.2) is 43.3 Å². The fourth-order valence-electron chi connectivity index (χ4n) is 1.63. The molecule has 1 heterocycles. The van der Waals surface area contributed by atoms with Crippen LogP contribution in [0.3, 0.4) is 0 Å². The van der Waals surface area contributed by atoms with Gasteiger partial charge in [-0.1, -0.05) is 6.08 Å². The average molecular weight is 243 g/mol. The van der Waals surface area contributed by atoms with Gasteiger partial charge in [-0.2, -0.15) is 11.8 Å². The first-order chi connectivity index (χ1) is 7.72. The molecule has 16 heavy (non-hydrogen) atoms. The number of hydrogen-bond acceptors (Lipinski definition) is 3. The summed E-state index contributed by atoms with van der Waals surface area (Å²) >= 11 is 1.87. The number of rotatable bonds is 5. The SMILES string of the molecule is C=CCNC(N)=NCC1(SC)CCOCC1. The molecule has 3 N–H and O–H groups in total. The summed E-state index contributed by atoms with van der Waals surface area (Å²) in [5.41, 5.74) is 5.74. The zero-order chi connectivity index (χ0) is 11.9. The van der Waals surface area contributed by atoms with Gasteiger partial charge in [0, 0.05) is 24.5 Å². The number of guanidine groups is 1. The van der Waals surface area contributed by atoms with Gasteiger partial charge >= 0.3 is 0 Å². The summed E-state index contributed by atoms with van der Waals surface area (Å²) in [6, 6.07) is 0. The van der Waals surface area contributed by atoms with E-state index in [0.29, 0.717) is 12.5 Å². The van der Waals surface area contributed by atoms with Gasteiger partial charge in [0.25, 0.3) is 0 Å². The van der Waals surface area contributed by atoms with E-state index in [4.69, 9.17) is 10.5 Å². The molecule has 0 aromatic heterocycles. The van der Waals surface area contributed by atoms with Crippen LogP contribution in [0.1, 0.15) is 12.8 Å². The summed E-state index contributed by atoms with van der Waals surface area (Å²) in [6.07, 6.45) is 5.99. The molecule has 0 aliphatic carbocycles. The van der Waals surface area contributed by atoms with Crippen molar-refractivity contribution in [3.05, 3.63) is 12.7 Å². The molecule has 0 saturated carbocycles. The van der Waals surface area contributed by atoms with Crippen molar-refractivity contribution in [2.45, 2.75) is 17.6 Å². The fourth-order valence-corrected chi connectivity index (χ4v) is 2.40. The monoisotopic (exact) mass is 243 g/mol. The lowest BCUT2D eigenvalue weighted by molar-refractivity contribution is 0.0794. The Bertz CT molecular complexity index is 250. The lowest BCUT2D eigenvalue weighted by atomic mass is 9.99. The summed E-state index contributed by atoms with van der Waals surface area (Å²) in [5, 5.41) is 2.98. The van der Waals surface area contributed by atoms with Crippen LogP contribution in [0.4, 0.5) is 0 Å². The molecule has 92 valence electrons. The van der Waals surface area contributed by atoms with E-state index >= 15 is 0 Å². The minimum absolute atomic E-state index is 0.207. The second-order valence-corrected chi connectivity index (χ2v) is 5.14. The molecule has 5 heteroatoms. The van der Waals surface area contributed by atoms with E-state index in [-0.39, 0.29) is 4.75 Å². The van der Waals surface area contributed by atoms with Crippen LogP contribution in [0.5, 0.6) is 0 Å². The van der Waals surface area contributed by atoms with Crippen LogP contribution >= 0.6 is 11.8 Å². The van der Waals surface area contributed by atoms with Gasteiger partial charge in [-0.05, 0) is 19.1 Å². The molecule has 0 bridgehead atoms. The summed E-state index contributed by atoms with van der Waals surface area (Å²) < 4.78 is 5.58. The molecule has 1 rings (SSSR count). The second-order valence-electron chi connectivity index (χ2n) is 3.87. The molecular weight excluding hydrogens is 222 g/mol. The average Bonchev–Trinajstić information content (AvgIpc) is 2.35. The topological polar surface area (TPSA) is 59.6 Å². The third kappa shape index (κ3) is 4.06. The lowest BCUT2D eigenvalue weighted by Crippen LogP contribution is -2.38. The maximum Gasteiger partial charge on any atom is 0.188 e. The predicted molar refractivity (Wildman–Crippen MR) is 71.0 cm³/mol. The third-order valence-electron chi connectivity index (χ3n) is 2.80. The van der Waals surface area contributed by atoms with Gasteiger partial charge in [0.1, 0.15) is 0 Å². The first-order valence-corrected chi connectivity index (χ1v) is 6.72. The molecule has 0 amide bonds. The molecule has 1 saturated heterocycles. The van der Waals surface area contributed by atoms with Crippen molar-refractivity contribution in [3.8, 4) is 0 Å². The van der Waals surface area contributed by atoms with Crippen LogP contribution in [0.25, 0.3) is 0 Å². The lowest BCUT2D eigenvalue weighted by Gasteiger charge is -2.34. The molecule has 1 aliphatic heterocycles. The molecule has 1 aliphatic rings. The Labute approximate surface area is 102 Å². The smallest absolute Gasteiger partial charge is 0.188 e. The first-order valence-electron chi connectivity index (χ1n) is 5.50. The molecule has 0 unspecified atom stereocenters. The van der Waals surface area contributed by atoms with Crippen molar-refractivity contribution in [1.82, 2.24) is 5.32 Å². The van der Waals surface area contributed by atoms with Crippen LogP contribution in [0.2, 0.25) is 0 Å². The predicted octanol–water partition coefficient (Wildman–Crippen LogP) is 0.989. The van der Waals surface area contributed by atoms with Gasteiger partial charge in [0.15, 0.2) is 5.96 Å². The van der Waals surface area contributed by atoms with Crippen molar-refractivity contribution in [3.63, 3.8) is 0 Å². The minimum atomic E-state index is 0.207. The third-order valence-corrected chi connectivity index (χ3v) is 4.21. The molecule has 0 spiro atoms. The van der Waals surface area contributed by atoms with Crippen LogP contribution in [-0.2, 0) is 4.74 Å². The Morgan fingerprint density at radius 1 is 1.62 bits per heavy atom. The van der Waals surface area contributed by atoms with E-state index < -0.39 is 0 Å². The normalized spacial score (nSPS) is 20.4. The number of hydrogen-bond donors (Lipinski definition) is 2. The number of nitrogens with zero attached hydrogens (tertiary/aromatic N) is 1. The molecule has 0 radical (unpaired) electrons. The Morgan fingerprint density at radius 2 is 2.31 bits per heavy atom. The van der Waals surface area contributed by atoms with E-state index in [0.717, 1.165) is 32.6 Å². The number of aliphatic imine (C=N–C) groups is 1. The molecular formula is C11H21N3OS. The summed E-state index contributed by atoms with van der Waals surface area (Å²) in [6.45, 7) is 6.69. The molecule has 0 aromatic rings. The Hall–Kier alpha value is -0.680. The highest BCUT2D eigenvalue weighted by Crippen LogP contribution is 2.33. The van der Waals surface area contributed by atoms with E-state index in [1.807, 2.05) is 11.8 Å². The summed E-state index contributed by atoms with van der Waals surface area (Å²) in [7, 11) is 0. The Morgan fingerprint density at radius 3 is 2.88 bits per heavy atom. The highest BCUT2D eigenvalue weighted by atomic mass is 32.2. The van der Waals surface area contributed by atoms with Crippen LogP contribution in [0, 0.1) is 0 Å². The molecule has 4 nitrogen and oxygen atoms in total. The number of ether oxygens (including phenoxy) is 1. The fraction of sp³-hybridized carbons (Fsp3) is 0.727. The van der Waals surface area contributed by atoms with Crippen molar-refractivity contribution in [2.75, 3.05) is 32.6 Å². The van der Waals surface area contributed by atoms with Gasteiger partial charge < -0.3 is 15.8 Å². The number of thioether (sulfide) groups is 1. The van der Waals surface area contributed by atoms with Crippen molar-refractivity contribution in [1.29, 1.82) is 0 Å². The maximum absolute atomic E-state index is 5.74. The van der Waals surface area contributed by atoms with E-state index in [2.05, 4.69) is 23.1 Å². The number of nitrogens with one attached hydrogen (secondary N) is 1. The summed E-state index contributed by atoms with van der Waals surface area (Å²) in [4.78, 5) is 4.39. The van der Waals surface area contributed by atoms with Crippen LogP contribution in [0.15, 0.2) is 17.6 Å². The van der Waals surface area contributed by atoms with E-state index in [1.165, 1.54) is 0 Å². The van der Waals surface area contributed by atoms with Crippen molar-refractivity contribution >= 4 is 17.7 Å². The van der Waals surface area contributed by atoms with Crippen LogP contribution < -0.4 is 11.1 Å². The van der Waals surface area contributed by atoms with Gasteiger partial charge in [-0.3, -0.25) is 4.99 Å². The zero-order valence-electron chi connectivity index (χ0n) is 9.87. The van der Waals surface area contributed by atoms with Crippen molar-refractivity contribution < 1.29 is 4.74 Å². The minimum Gasteiger partial charge on any atom is -0.381 e. The molecule has 1 fully saturated rings. The maximum atomic E-state index is 5.74. The quantitative estimate of drug-likeness (QED) is 0.429. The summed E-state index contributed by atoms with van der Waals surface area (Å²) in [5.74, 6) is 0.500. The molecule has 0 aromatic carbocycles. The molecule has 0 atom stereocenters. The van der Waals surface area contributed by atoms with Gasteiger partial charge in [-0.15, -0.1) is 6.58 Å². The standard InChI is InChI=1S/C11H21N3OS/c1-3-6-13-10(12)14-9-11(16-2)4-7-15-8-5-11/h3H,1,4-9H2,2H3,(H3,12,13,14).